The number of halogens is 2. The minimum Gasteiger partial charge on any atom is -0.489 e. The fraction of sp³-hybridized carbons (Fsp3) is 0.143. The Hall–Kier alpha value is -2.00. The molecule has 0 aliphatic heterocycles. The Morgan fingerprint density at radius 1 is 0.680 bits per heavy atom. The van der Waals surface area contributed by atoms with Gasteiger partial charge in [-0.2, -0.15) is 0 Å². The Morgan fingerprint density at radius 2 is 1.44 bits per heavy atom. The average Bonchev–Trinajstić information content (AvgIpc) is 2.64. The van der Waals surface area contributed by atoms with Crippen molar-refractivity contribution in [3.8, 4) is 5.75 Å². The van der Waals surface area contributed by atoms with Gasteiger partial charge in [0, 0.05) is 13.1 Å². The summed E-state index contributed by atoms with van der Waals surface area (Å²) in [6.07, 6.45) is 0. The Labute approximate surface area is 158 Å². The topological polar surface area (TPSA) is 21.3 Å². The third kappa shape index (κ3) is 5.50. The molecule has 0 atom stereocenters. The van der Waals surface area contributed by atoms with Crippen LogP contribution >= 0.6 is 23.2 Å². The normalized spacial score (nSPS) is 10.6. The lowest BCUT2D eigenvalue weighted by Crippen LogP contribution is -2.12. The number of benzene rings is 3. The standard InChI is InChI=1S/C21H19Cl2NO/c22-20-10-9-18(12-21(20)23)15-25-19-8-4-7-17(11-19)14-24-13-16-5-2-1-3-6-16/h1-12,24H,13-15H2. The van der Waals surface area contributed by atoms with Crippen molar-refractivity contribution in [3.05, 3.63) is 99.5 Å². The Bertz CT molecular complexity index is 821. The number of rotatable bonds is 7. The van der Waals surface area contributed by atoms with Gasteiger partial charge in [-0.1, -0.05) is 71.7 Å². The molecule has 0 unspecified atom stereocenters. The van der Waals surface area contributed by atoms with Crippen molar-refractivity contribution >= 4 is 23.2 Å². The summed E-state index contributed by atoms with van der Waals surface area (Å²) in [7, 11) is 0. The lowest BCUT2D eigenvalue weighted by Gasteiger charge is -2.10. The van der Waals surface area contributed by atoms with Gasteiger partial charge in [0.15, 0.2) is 0 Å². The monoisotopic (exact) mass is 371 g/mol. The fourth-order valence-electron chi connectivity index (χ4n) is 2.49. The van der Waals surface area contributed by atoms with Crippen LogP contribution in [-0.2, 0) is 19.7 Å². The van der Waals surface area contributed by atoms with E-state index in [0.29, 0.717) is 16.7 Å². The van der Waals surface area contributed by atoms with Gasteiger partial charge in [0.1, 0.15) is 12.4 Å². The van der Waals surface area contributed by atoms with Gasteiger partial charge in [-0.15, -0.1) is 0 Å². The number of hydrogen-bond donors (Lipinski definition) is 1. The van der Waals surface area contributed by atoms with Gasteiger partial charge in [-0.25, -0.2) is 0 Å². The predicted octanol–water partition coefficient (Wildman–Crippen LogP) is 5.86. The third-order valence-corrected chi connectivity index (χ3v) is 4.53. The summed E-state index contributed by atoms with van der Waals surface area (Å²) in [6.45, 7) is 2.09. The molecule has 0 saturated carbocycles. The minimum atomic E-state index is 0.456. The molecule has 25 heavy (non-hydrogen) atoms. The molecule has 0 radical (unpaired) electrons. The van der Waals surface area contributed by atoms with E-state index in [1.54, 1.807) is 6.07 Å². The molecule has 0 saturated heterocycles. The first-order valence-electron chi connectivity index (χ1n) is 8.11. The van der Waals surface area contributed by atoms with Crippen LogP contribution in [0, 0.1) is 0 Å². The van der Waals surface area contributed by atoms with Crippen molar-refractivity contribution in [3.63, 3.8) is 0 Å². The third-order valence-electron chi connectivity index (χ3n) is 3.79. The number of hydrogen-bond acceptors (Lipinski definition) is 2. The summed E-state index contributed by atoms with van der Waals surface area (Å²) in [5, 5.41) is 4.54. The molecule has 3 aromatic rings. The van der Waals surface area contributed by atoms with E-state index in [0.717, 1.165) is 24.4 Å². The smallest absolute Gasteiger partial charge is 0.120 e. The van der Waals surface area contributed by atoms with Crippen molar-refractivity contribution in [1.29, 1.82) is 0 Å². The molecular formula is C21H19Cl2NO. The maximum atomic E-state index is 6.03. The molecule has 0 bridgehead atoms. The highest BCUT2D eigenvalue weighted by atomic mass is 35.5. The minimum absolute atomic E-state index is 0.456. The zero-order valence-electron chi connectivity index (χ0n) is 13.7. The van der Waals surface area contributed by atoms with E-state index in [-0.39, 0.29) is 0 Å². The highest BCUT2D eigenvalue weighted by molar-refractivity contribution is 6.42. The van der Waals surface area contributed by atoms with E-state index < -0.39 is 0 Å². The summed E-state index contributed by atoms with van der Waals surface area (Å²) < 4.78 is 5.86. The van der Waals surface area contributed by atoms with Gasteiger partial charge >= 0.3 is 0 Å². The number of nitrogens with one attached hydrogen (secondary N) is 1. The summed E-state index contributed by atoms with van der Waals surface area (Å²) >= 11 is 12.0. The molecule has 3 aromatic carbocycles. The van der Waals surface area contributed by atoms with E-state index in [1.807, 2.05) is 30.3 Å². The fourth-order valence-corrected chi connectivity index (χ4v) is 2.81. The largest absolute Gasteiger partial charge is 0.489 e. The Kier molecular flexibility index (Phi) is 6.35. The van der Waals surface area contributed by atoms with Crippen molar-refractivity contribution in [2.75, 3.05) is 0 Å². The molecule has 0 aromatic heterocycles. The Morgan fingerprint density at radius 3 is 2.24 bits per heavy atom. The number of ether oxygens (including phenoxy) is 1. The molecule has 2 nitrogen and oxygen atoms in total. The molecule has 1 N–H and O–H groups in total. The molecule has 0 aliphatic carbocycles. The first-order chi connectivity index (χ1) is 12.2. The molecule has 0 fully saturated rings. The maximum absolute atomic E-state index is 6.03. The zero-order chi connectivity index (χ0) is 17.5. The lowest BCUT2D eigenvalue weighted by molar-refractivity contribution is 0.306. The highest BCUT2D eigenvalue weighted by Gasteiger charge is 2.02. The van der Waals surface area contributed by atoms with Gasteiger partial charge in [0.25, 0.3) is 0 Å². The second kappa shape index (κ2) is 8.91. The van der Waals surface area contributed by atoms with Gasteiger partial charge in [-0.05, 0) is 41.0 Å². The van der Waals surface area contributed by atoms with Crippen LogP contribution in [0.5, 0.6) is 5.75 Å². The molecule has 0 amide bonds. The summed E-state index contributed by atoms with van der Waals surface area (Å²) in [4.78, 5) is 0. The van der Waals surface area contributed by atoms with Gasteiger partial charge in [0.2, 0.25) is 0 Å². The molecule has 4 heteroatoms. The molecule has 0 aliphatic rings. The van der Waals surface area contributed by atoms with Gasteiger partial charge < -0.3 is 10.1 Å². The maximum Gasteiger partial charge on any atom is 0.120 e. The van der Waals surface area contributed by atoms with Crippen LogP contribution in [0.4, 0.5) is 0 Å². The van der Waals surface area contributed by atoms with Crippen molar-refractivity contribution < 1.29 is 4.74 Å². The second-order valence-electron chi connectivity index (χ2n) is 5.77. The van der Waals surface area contributed by atoms with E-state index >= 15 is 0 Å². The average molecular weight is 372 g/mol. The van der Waals surface area contributed by atoms with E-state index in [2.05, 4.69) is 41.7 Å². The van der Waals surface area contributed by atoms with Crippen LogP contribution in [0.25, 0.3) is 0 Å². The summed E-state index contributed by atoms with van der Waals surface area (Å²) in [5.41, 5.74) is 3.44. The molecule has 0 spiro atoms. The SMILES string of the molecule is Clc1ccc(COc2cccc(CNCc3ccccc3)c2)cc1Cl. The van der Waals surface area contributed by atoms with Gasteiger partial charge in [-0.3, -0.25) is 0 Å². The summed E-state index contributed by atoms with van der Waals surface area (Å²) in [6, 6.07) is 24.0. The van der Waals surface area contributed by atoms with Crippen LogP contribution in [-0.4, -0.2) is 0 Å². The molecule has 3 rings (SSSR count). The van der Waals surface area contributed by atoms with Crippen LogP contribution < -0.4 is 10.1 Å². The van der Waals surface area contributed by atoms with Gasteiger partial charge in [0.05, 0.1) is 10.0 Å². The lowest BCUT2D eigenvalue weighted by atomic mass is 10.2. The van der Waals surface area contributed by atoms with Crippen molar-refractivity contribution in [2.24, 2.45) is 0 Å². The predicted molar refractivity (Wildman–Crippen MR) is 104 cm³/mol. The quantitative estimate of drug-likeness (QED) is 0.561. The van der Waals surface area contributed by atoms with Crippen LogP contribution in [0.3, 0.4) is 0 Å². The van der Waals surface area contributed by atoms with Crippen LogP contribution in [0.1, 0.15) is 16.7 Å². The van der Waals surface area contributed by atoms with E-state index in [4.69, 9.17) is 27.9 Å². The van der Waals surface area contributed by atoms with E-state index in [9.17, 15) is 0 Å². The van der Waals surface area contributed by atoms with Crippen LogP contribution in [0.15, 0.2) is 72.8 Å². The molecule has 128 valence electrons. The summed E-state index contributed by atoms with van der Waals surface area (Å²) in [5.74, 6) is 0.838. The Balaban J connectivity index is 1.53. The van der Waals surface area contributed by atoms with Crippen molar-refractivity contribution in [2.45, 2.75) is 19.7 Å². The molecular weight excluding hydrogens is 353 g/mol. The zero-order valence-corrected chi connectivity index (χ0v) is 15.2. The van der Waals surface area contributed by atoms with Crippen LogP contribution in [0.2, 0.25) is 10.0 Å². The first kappa shape index (κ1) is 17.8. The first-order valence-corrected chi connectivity index (χ1v) is 8.86. The second-order valence-corrected chi connectivity index (χ2v) is 6.59. The van der Waals surface area contributed by atoms with Crippen molar-refractivity contribution in [1.82, 2.24) is 5.32 Å². The molecule has 0 heterocycles. The highest BCUT2D eigenvalue weighted by Crippen LogP contribution is 2.23. The van der Waals surface area contributed by atoms with E-state index in [1.165, 1.54) is 11.1 Å².